The van der Waals surface area contributed by atoms with Crippen LogP contribution in [0.25, 0.3) is 9.69 Å². The minimum absolute atomic E-state index is 0.0124. The van der Waals surface area contributed by atoms with Crippen LogP contribution in [0.3, 0.4) is 0 Å². The number of nitrogen functional groups attached to an aromatic ring is 2. The average Bonchev–Trinajstić information content (AvgIpc) is 3.33. The second-order valence-corrected chi connectivity index (χ2v) is 13.9. The molecule has 2 fully saturated rings. The van der Waals surface area contributed by atoms with Crippen LogP contribution in [0.5, 0.6) is 12.0 Å². The van der Waals surface area contributed by atoms with Crippen molar-refractivity contribution in [1.82, 2.24) is 39.9 Å². The van der Waals surface area contributed by atoms with E-state index in [4.69, 9.17) is 34.1 Å². The van der Waals surface area contributed by atoms with Gasteiger partial charge in [-0.05, 0) is 12.1 Å². The number of nitrogens with zero attached hydrogens (tertiary/aromatic N) is 12. The predicted molar refractivity (Wildman–Crippen MR) is 223 cm³/mol. The molecule has 0 atom stereocenters. The maximum absolute atomic E-state index is 15.2. The first kappa shape index (κ1) is 46.0. The van der Waals surface area contributed by atoms with Crippen LogP contribution in [0.1, 0.15) is 52.1 Å². The van der Waals surface area contributed by atoms with Crippen LogP contribution >= 0.6 is 0 Å². The topological polar surface area (TPSA) is 223 Å². The Kier molecular flexibility index (Phi) is 15.3. The molecule has 2 aliphatic heterocycles. The first-order chi connectivity index (χ1) is 31.4. The summed E-state index contributed by atoms with van der Waals surface area (Å²) < 4.78 is 79.3. The number of nitrogens with two attached hydrogens (primary N) is 2. The Balaban J connectivity index is 0.000000184. The van der Waals surface area contributed by atoms with Crippen molar-refractivity contribution >= 4 is 46.7 Å². The van der Waals surface area contributed by atoms with Gasteiger partial charge in [0.2, 0.25) is 11.6 Å². The third-order valence-corrected chi connectivity index (χ3v) is 9.61. The van der Waals surface area contributed by atoms with Gasteiger partial charge in [-0.2, -0.15) is 18.7 Å². The summed E-state index contributed by atoms with van der Waals surface area (Å²) in [5.41, 5.74) is 11.9. The first-order valence-electron chi connectivity index (χ1n) is 19.4. The van der Waals surface area contributed by atoms with Crippen molar-refractivity contribution in [2.24, 2.45) is 0 Å². The fraction of sp³-hybridized carbons (Fsp3) is 0.238. The summed E-state index contributed by atoms with van der Waals surface area (Å²) in [5.74, 6) is -5.76. The third kappa shape index (κ3) is 11.9. The number of piperidine rings is 2. The monoisotopic (exact) mass is 894 g/mol. The van der Waals surface area contributed by atoms with E-state index in [0.717, 1.165) is 31.3 Å². The number of halogens is 5. The second kappa shape index (κ2) is 21.6. The number of aldehydes is 1. The lowest BCUT2D eigenvalue weighted by molar-refractivity contribution is 0.102. The minimum Gasteiger partial charge on any atom is -0.460 e. The summed E-state index contributed by atoms with van der Waals surface area (Å²) in [5, 5.41) is 0. The molecule has 0 unspecified atom stereocenters. The molecule has 0 saturated carbocycles. The molecule has 2 aliphatic rings. The summed E-state index contributed by atoms with van der Waals surface area (Å²) in [6.45, 7) is 15.3. The molecule has 23 heteroatoms. The Hall–Kier alpha value is -8.47. The zero-order chi connectivity index (χ0) is 46.5. The summed E-state index contributed by atoms with van der Waals surface area (Å²) in [4.78, 5) is 62.4. The Morgan fingerprint density at radius 2 is 1.17 bits per heavy atom. The van der Waals surface area contributed by atoms with Gasteiger partial charge in [0.15, 0.2) is 57.8 Å². The molecule has 0 radical (unpaired) electrons. The third-order valence-electron chi connectivity index (χ3n) is 9.61. The maximum atomic E-state index is 15.2. The number of hydrogen-bond donors (Lipinski definition) is 2. The maximum Gasteiger partial charge on any atom is 0.318 e. The fourth-order valence-corrected chi connectivity index (χ4v) is 6.33. The van der Waals surface area contributed by atoms with Crippen molar-refractivity contribution in [3.63, 3.8) is 0 Å². The Morgan fingerprint density at radius 1 is 0.677 bits per heavy atom. The zero-order valence-corrected chi connectivity index (χ0v) is 33.9. The van der Waals surface area contributed by atoms with Crippen molar-refractivity contribution < 1.29 is 41.0 Å². The Morgan fingerprint density at radius 3 is 1.68 bits per heavy atom. The van der Waals surface area contributed by atoms with Gasteiger partial charge in [-0.25, -0.2) is 52.8 Å². The van der Waals surface area contributed by atoms with Crippen LogP contribution in [0, 0.1) is 42.4 Å². The molecule has 18 nitrogen and oxygen atoms in total. The van der Waals surface area contributed by atoms with Gasteiger partial charge < -0.3 is 30.7 Å². The molecule has 4 N–H and O–H groups in total. The SMILES string of the molecule is Nc1nc(OC2CCN(c3ncnc(F)c3F)CC2)ncc1F.[C-]#[N+]c1cccc(C(=O)c2ncnc(N3CCC(Oc4ncc(F)c(N)n4)CC3)c2F)c1.[C-]#[N+]c1cccc(C=O)c1. The van der Waals surface area contributed by atoms with Crippen molar-refractivity contribution in [2.75, 3.05) is 47.4 Å². The van der Waals surface area contributed by atoms with Crippen LogP contribution < -0.4 is 30.7 Å². The number of carbonyl (C=O) groups excluding carboxylic acids is 2. The largest absolute Gasteiger partial charge is 0.460 e. The van der Waals surface area contributed by atoms with Crippen LogP contribution in [0.2, 0.25) is 0 Å². The van der Waals surface area contributed by atoms with E-state index in [0.29, 0.717) is 63.1 Å². The van der Waals surface area contributed by atoms with Crippen molar-refractivity contribution in [3.05, 3.63) is 142 Å². The number of rotatable bonds is 9. The van der Waals surface area contributed by atoms with E-state index in [-0.39, 0.29) is 64.4 Å². The van der Waals surface area contributed by atoms with E-state index in [1.807, 2.05) is 0 Å². The molecular formula is C42H35F5N14O4. The number of ether oxygens (including phenoxy) is 2. The molecule has 332 valence electrons. The zero-order valence-electron chi connectivity index (χ0n) is 33.9. The van der Waals surface area contributed by atoms with Gasteiger partial charge in [0.05, 0.1) is 25.5 Å². The van der Waals surface area contributed by atoms with E-state index in [1.165, 1.54) is 12.1 Å². The molecule has 8 rings (SSSR count). The molecule has 65 heavy (non-hydrogen) atoms. The van der Waals surface area contributed by atoms with Crippen molar-refractivity contribution in [1.29, 1.82) is 0 Å². The summed E-state index contributed by atoms with van der Waals surface area (Å²) in [7, 11) is 0. The van der Waals surface area contributed by atoms with Gasteiger partial charge >= 0.3 is 12.0 Å². The van der Waals surface area contributed by atoms with E-state index in [1.54, 1.807) is 46.2 Å². The van der Waals surface area contributed by atoms with Crippen LogP contribution in [-0.4, -0.2) is 90.3 Å². The molecule has 6 heterocycles. The molecule has 0 spiro atoms. The highest BCUT2D eigenvalue weighted by atomic mass is 19.2. The van der Waals surface area contributed by atoms with Gasteiger partial charge in [0, 0.05) is 63.0 Å². The molecular weight excluding hydrogens is 860 g/mol. The Labute approximate surface area is 366 Å². The fourth-order valence-electron chi connectivity index (χ4n) is 6.33. The summed E-state index contributed by atoms with van der Waals surface area (Å²) in [6, 6.07) is 12.6. The molecule has 0 aliphatic carbocycles. The lowest BCUT2D eigenvalue weighted by Gasteiger charge is -2.32. The summed E-state index contributed by atoms with van der Waals surface area (Å²) >= 11 is 0. The van der Waals surface area contributed by atoms with Crippen LogP contribution in [-0.2, 0) is 0 Å². The van der Waals surface area contributed by atoms with Crippen molar-refractivity contribution in [3.8, 4) is 12.0 Å². The molecule has 2 aromatic carbocycles. The number of carbonyl (C=O) groups is 2. The Bertz CT molecular complexity index is 2740. The lowest BCUT2D eigenvalue weighted by atomic mass is 10.1. The highest BCUT2D eigenvalue weighted by molar-refractivity contribution is 6.08. The number of aromatic nitrogens is 8. The van der Waals surface area contributed by atoms with E-state index in [9.17, 15) is 27.2 Å². The van der Waals surface area contributed by atoms with Gasteiger partial charge in [-0.3, -0.25) is 9.59 Å². The normalized spacial score (nSPS) is 13.8. The van der Waals surface area contributed by atoms with Gasteiger partial charge in [-0.1, -0.05) is 36.4 Å². The second-order valence-electron chi connectivity index (χ2n) is 13.9. The van der Waals surface area contributed by atoms with Gasteiger partial charge in [-0.15, -0.1) is 0 Å². The van der Waals surface area contributed by atoms with E-state index in [2.05, 4.69) is 49.6 Å². The van der Waals surface area contributed by atoms with Gasteiger partial charge in [0.1, 0.15) is 31.1 Å². The lowest BCUT2D eigenvalue weighted by Crippen LogP contribution is -2.39. The van der Waals surface area contributed by atoms with Crippen molar-refractivity contribution in [2.45, 2.75) is 37.9 Å². The number of benzene rings is 2. The molecule has 6 aromatic rings. The molecule has 0 bridgehead atoms. The standard InChI is InChI=1S/C21H17F2N7O2.C13H13F3N6O.C8H5NO/c1-25-13-4-2-3-12(9-13)18(31)17-16(23)20(28-11-27-17)30-7-5-14(6-8-30)32-21-26-10-15(22)19(24)29-21;14-8-5-18-13(21-11(8)17)23-7-1-3-22(4-2-7)12-9(15)10(16)19-6-20-12;1-9-8-4-2-3-7(5-8)6-10/h2-4,9-11,14H,5-8H2,(H2,24,26,29);5-7H,1-4H2,(H2,17,18,21);2-6H. The number of anilines is 4. The molecule has 2 saturated heterocycles. The predicted octanol–water partition coefficient (Wildman–Crippen LogP) is 6.32. The van der Waals surface area contributed by atoms with E-state index >= 15 is 4.39 Å². The van der Waals surface area contributed by atoms with Gasteiger partial charge in [0.25, 0.3) is 5.95 Å². The molecule has 0 amide bonds. The van der Waals surface area contributed by atoms with Crippen LogP contribution in [0.15, 0.2) is 73.6 Å². The van der Waals surface area contributed by atoms with E-state index < -0.39 is 35.0 Å². The highest BCUT2D eigenvalue weighted by Gasteiger charge is 2.28. The van der Waals surface area contributed by atoms with Crippen LogP contribution in [0.4, 0.5) is 56.6 Å². The number of hydrogen-bond acceptors (Lipinski definition) is 16. The summed E-state index contributed by atoms with van der Waals surface area (Å²) in [6.07, 6.45) is 6.27. The smallest absolute Gasteiger partial charge is 0.318 e. The molecule has 4 aromatic heterocycles. The number of ketones is 1. The quantitative estimate of drug-likeness (QED) is 0.0533. The highest BCUT2D eigenvalue weighted by Crippen LogP contribution is 2.27. The minimum atomic E-state index is -1.18. The first-order valence-corrected chi connectivity index (χ1v) is 19.4. The average molecular weight is 895 g/mol.